The van der Waals surface area contributed by atoms with Crippen LogP contribution in [-0.2, 0) is 0 Å². The lowest BCUT2D eigenvalue weighted by Gasteiger charge is -2.18. The monoisotopic (exact) mass is 423 g/mol. The van der Waals surface area contributed by atoms with Gasteiger partial charge in [-0.2, -0.15) is 0 Å². The van der Waals surface area contributed by atoms with Crippen LogP contribution >= 0.6 is 0 Å². The molecule has 2 nitrogen and oxygen atoms in total. The predicted molar refractivity (Wildman–Crippen MR) is 136 cm³/mol. The number of nitrogens with two attached hydrogens (primary N) is 1. The van der Waals surface area contributed by atoms with Gasteiger partial charge in [-0.1, -0.05) is 136 Å². The van der Waals surface area contributed by atoms with E-state index >= 15 is 0 Å². The van der Waals surface area contributed by atoms with Gasteiger partial charge in [0.2, 0.25) is 0 Å². The summed E-state index contributed by atoms with van der Waals surface area (Å²) >= 11 is 0. The molecule has 0 fully saturated rings. The van der Waals surface area contributed by atoms with Crippen LogP contribution in [0.25, 0.3) is 0 Å². The number of unbranched alkanes of at least 4 members (excludes halogenated alkanes) is 17. The van der Waals surface area contributed by atoms with Crippen molar-refractivity contribution in [2.24, 2.45) is 11.7 Å². The molecule has 0 saturated heterocycles. The van der Waals surface area contributed by atoms with Crippen molar-refractivity contribution in [3.8, 4) is 0 Å². The Morgan fingerprint density at radius 1 is 0.633 bits per heavy atom. The highest BCUT2D eigenvalue weighted by Gasteiger charge is 2.13. The summed E-state index contributed by atoms with van der Waals surface area (Å²) in [6.07, 6.45) is 28.8. The predicted octanol–water partition coefficient (Wildman–Crippen LogP) is 9.06. The van der Waals surface area contributed by atoms with E-state index in [0.29, 0.717) is 5.92 Å². The molecule has 0 radical (unpaired) electrons. The minimum Gasteiger partial charge on any atom is -0.403 e. The van der Waals surface area contributed by atoms with Gasteiger partial charge in [-0.3, -0.25) is 0 Å². The third kappa shape index (κ3) is 22.2. The van der Waals surface area contributed by atoms with E-state index < -0.39 is 0 Å². The molecular weight excluding hydrogens is 366 g/mol. The number of aliphatic hydroxyl groups excluding tert-OH is 1. The smallest absolute Gasteiger partial charge is 0.0565 e. The van der Waals surface area contributed by atoms with E-state index in [4.69, 9.17) is 5.73 Å². The lowest BCUT2D eigenvalue weighted by Crippen LogP contribution is -2.17. The van der Waals surface area contributed by atoms with E-state index in [1.807, 2.05) is 0 Å². The molecule has 0 aromatic heterocycles. The highest BCUT2D eigenvalue weighted by Crippen LogP contribution is 2.20. The van der Waals surface area contributed by atoms with Gasteiger partial charge < -0.3 is 10.8 Å². The van der Waals surface area contributed by atoms with E-state index in [1.165, 1.54) is 128 Å². The molecule has 180 valence electrons. The van der Waals surface area contributed by atoms with Crippen molar-refractivity contribution in [1.82, 2.24) is 0 Å². The fourth-order valence-electron chi connectivity index (χ4n) is 4.37. The van der Waals surface area contributed by atoms with E-state index in [1.54, 1.807) is 0 Å². The van der Waals surface area contributed by atoms with Gasteiger partial charge in [0.05, 0.1) is 6.10 Å². The molecule has 0 aliphatic carbocycles. The molecule has 30 heavy (non-hydrogen) atoms. The Kier molecular flexibility index (Phi) is 22.8. The minimum absolute atomic E-state index is 0.0857. The van der Waals surface area contributed by atoms with Crippen molar-refractivity contribution in [2.45, 2.75) is 161 Å². The summed E-state index contributed by atoms with van der Waals surface area (Å²) in [5.41, 5.74) is 6.42. The maximum Gasteiger partial charge on any atom is 0.0565 e. The number of rotatable bonds is 24. The lowest BCUT2D eigenvalue weighted by molar-refractivity contribution is 0.0985. The van der Waals surface area contributed by atoms with Gasteiger partial charge in [0.25, 0.3) is 0 Å². The van der Waals surface area contributed by atoms with Gasteiger partial charge >= 0.3 is 0 Å². The quantitative estimate of drug-likeness (QED) is 0.152. The molecule has 0 heterocycles. The normalized spacial score (nSPS) is 13.4. The molecule has 0 aliphatic heterocycles. The Morgan fingerprint density at radius 3 is 1.43 bits per heavy atom. The number of aliphatic hydroxyl groups is 1. The molecule has 2 unspecified atom stereocenters. The average Bonchev–Trinajstić information content (AvgIpc) is 2.72. The zero-order chi connectivity index (χ0) is 22.3. The van der Waals surface area contributed by atoms with Crippen molar-refractivity contribution in [1.29, 1.82) is 0 Å². The van der Waals surface area contributed by atoms with Crippen molar-refractivity contribution >= 4 is 0 Å². The summed E-state index contributed by atoms with van der Waals surface area (Å²) in [6.45, 7) is 8.28. The van der Waals surface area contributed by atoms with Gasteiger partial charge in [0.1, 0.15) is 0 Å². The van der Waals surface area contributed by atoms with Gasteiger partial charge in [0.15, 0.2) is 0 Å². The van der Waals surface area contributed by atoms with Crippen LogP contribution in [0.1, 0.15) is 155 Å². The maximum absolute atomic E-state index is 10.4. The first-order chi connectivity index (χ1) is 14.6. The standard InChI is InChI=1S/C28H57NO/c1-4-5-6-7-8-9-10-11-12-16-19-22-25-28(30)26(2)23-20-17-14-13-15-18-21-24-27(3)29/h26,28,30H,3-25,29H2,1-2H3. The van der Waals surface area contributed by atoms with Crippen molar-refractivity contribution < 1.29 is 5.11 Å². The van der Waals surface area contributed by atoms with Crippen LogP contribution < -0.4 is 5.73 Å². The molecule has 2 atom stereocenters. The molecule has 0 saturated carbocycles. The summed E-state index contributed by atoms with van der Waals surface area (Å²) in [7, 11) is 0. The molecule has 0 spiro atoms. The molecule has 0 bridgehead atoms. The Hall–Kier alpha value is -0.500. The van der Waals surface area contributed by atoms with Crippen molar-refractivity contribution in [3.05, 3.63) is 12.3 Å². The summed E-state index contributed by atoms with van der Waals surface area (Å²) < 4.78 is 0. The number of hydrogen-bond acceptors (Lipinski definition) is 2. The van der Waals surface area contributed by atoms with Crippen molar-refractivity contribution in [2.75, 3.05) is 0 Å². The molecule has 0 rings (SSSR count). The highest BCUT2D eigenvalue weighted by molar-refractivity contribution is 4.84. The fraction of sp³-hybridized carbons (Fsp3) is 0.929. The van der Waals surface area contributed by atoms with Crippen LogP contribution in [0.3, 0.4) is 0 Å². The van der Waals surface area contributed by atoms with E-state index in [0.717, 1.165) is 18.5 Å². The van der Waals surface area contributed by atoms with E-state index in [9.17, 15) is 5.11 Å². The summed E-state index contributed by atoms with van der Waals surface area (Å²) in [4.78, 5) is 0. The zero-order valence-corrected chi connectivity index (χ0v) is 20.9. The second-order valence-electron chi connectivity index (χ2n) is 9.89. The van der Waals surface area contributed by atoms with Gasteiger partial charge in [-0.05, 0) is 31.6 Å². The van der Waals surface area contributed by atoms with Crippen LogP contribution in [0.15, 0.2) is 12.3 Å². The summed E-state index contributed by atoms with van der Waals surface area (Å²) in [5, 5.41) is 10.4. The van der Waals surface area contributed by atoms with E-state index in [2.05, 4.69) is 20.4 Å². The first-order valence-corrected chi connectivity index (χ1v) is 13.7. The summed E-state index contributed by atoms with van der Waals surface area (Å²) in [5.74, 6) is 0.466. The first-order valence-electron chi connectivity index (χ1n) is 13.7. The van der Waals surface area contributed by atoms with Gasteiger partial charge in [-0.25, -0.2) is 0 Å². The third-order valence-corrected chi connectivity index (χ3v) is 6.67. The number of allylic oxidation sites excluding steroid dienone is 1. The molecule has 2 heteroatoms. The largest absolute Gasteiger partial charge is 0.403 e. The number of hydrogen-bond donors (Lipinski definition) is 2. The Labute approximate surface area is 190 Å². The first kappa shape index (κ1) is 29.5. The molecule has 0 aromatic rings. The van der Waals surface area contributed by atoms with Crippen LogP contribution in [-0.4, -0.2) is 11.2 Å². The Balaban J connectivity index is 3.32. The topological polar surface area (TPSA) is 46.2 Å². The highest BCUT2D eigenvalue weighted by atomic mass is 16.3. The lowest BCUT2D eigenvalue weighted by atomic mass is 9.93. The second kappa shape index (κ2) is 23.2. The minimum atomic E-state index is -0.0857. The molecule has 0 aromatic carbocycles. The average molecular weight is 424 g/mol. The molecule has 3 N–H and O–H groups in total. The Morgan fingerprint density at radius 2 is 1.00 bits per heavy atom. The molecule has 0 amide bonds. The fourth-order valence-corrected chi connectivity index (χ4v) is 4.37. The van der Waals surface area contributed by atoms with Crippen LogP contribution in [0.5, 0.6) is 0 Å². The SMILES string of the molecule is C=C(N)CCCCCCCCCC(C)C(O)CCCCCCCCCCCCCC. The van der Waals surface area contributed by atoms with Crippen LogP contribution in [0.4, 0.5) is 0 Å². The molecular formula is C28H57NO. The van der Waals surface area contributed by atoms with Crippen molar-refractivity contribution in [3.63, 3.8) is 0 Å². The second-order valence-corrected chi connectivity index (χ2v) is 9.89. The van der Waals surface area contributed by atoms with E-state index in [-0.39, 0.29) is 6.10 Å². The van der Waals surface area contributed by atoms with Crippen LogP contribution in [0.2, 0.25) is 0 Å². The summed E-state index contributed by atoms with van der Waals surface area (Å²) in [6, 6.07) is 0. The van der Waals surface area contributed by atoms with Gasteiger partial charge in [-0.15, -0.1) is 0 Å². The maximum atomic E-state index is 10.4. The molecule has 0 aliphatic rings. The third-order valence-electron chi connectivity index (χ3n) is 6.67. The zero-order valence-electron chi connectivity index (χ0n) is 20.9. The van der Waals surface area contributed by atoms with Crippen LogP contribution in [0, 0.1) is 5.92 Å². The Bertz CT molecular complexity index is 355. The van der Waals surface area contributed by atoms with Gasteiger partial charge in [0, 0.05) is 5.70 Å².